The Labute approximate surface area is 182 Å². The van der Waals surface area contributed by atoms with Crippen molar-refractivity contribution >= 4 is 22.6 Å². The van der Waals surface area contributed by atoms with Gasteiger partial charge in [-0.3, -0.25) is 0 Å². The summed E-state index contributed by atoms with van der Waals surface area (Å²) in [4.78, 5) is 0. The van der Waals surface area contributed by atoms with E-state index in [1.165, 1.54) is 30.1 Å². The Hall–Kier alpha value is -0.360. The van der Waals surface area contributed by atoms with Crippen molar-refractivity contribution in [2.24, 2.45) is 23.2 Å². The Balaban J connectivity index is 1.64. The molecule has 0 aliphatic heterocycles. The Morgan fingerprint density at radius 1 is 1.18 bits per heavy atom. The number of phenolic OH excluding ortho intramolecular Hbond substituents is 1. The molecule has 4 rings (SSSR count). The Bertz CT molecular complexity index is 695. The molecule has 0 amide bonds. The molecule has 1 aromatic rings. The van der Waals surface area contributed by atoms with Gasteiger partial charge < -0.3 is 10.2 Å². The number of aliphatic hydroxyl groups is 1. The number of rotatable bonds is 6. The molecular formula is C24H34FIO2. The van der Waals surface area contributed by atoms with E-state index in [9.17, 15) is 10.2 Å². The van der Waals surface area contributed by atoms with Crippen molar-refractivity contribution in [1.29, 1.82) is 0 Å². The Morgan fingerprint density at radius 2 is 1.96 bits per heavy atom. The first kappa shape index (κ1) is 20.9. The lowest BCUT2D eigenvalue weighted by Crippen LogP contribution is -2.51. The number of unbranched alkanes of at least 4 members (excludes halogenated alkanes) is 3. The lowest BCUT2D eigenvalue weighted by molar-refractivity contribution is -0.0722. The maximum absolute atomic E-state index is 15.6. The van der Waals surface area contributed by atoms with Crippen molar-refractivity contribution in [2.75, 3.05) is 4.43 Å². The number of alkyl halides is 2. The van der Waals surface area contributed by atoms with Crippen LogP contribution in [0.1, 0.15) is 75.3 Å². The van der Waals surface area contributed by atoms with Gasteiger partial charge >= 0.3 is 0 Å². The van der Waals surface area contributed by atoms with Crippen molar-refractivity contribution in [1.82, 2.24) is 0 Å². The summed E-state index contributed by atoms with van der Waals surface area (Å²) < 4.78 is 16.9. The van der Waals surface area contributed by atoms with Crippen LogP contribution in [-0.4, -0.2) is 26.9 Å². The number of aromatic hydroxyl groups is 1. The Kier molecular flexibility index (Phi) is 6.27. The second-order valence-electron chi connectivity index (χ2n) is 9.77. The summed E-state index contributed by atoms with van der Waals surface area (Å²) in [5.41, 5.74) is 2.01. The van der Waals surface area contributed by atoms with Crippen molar-refractivity contribution in [3.63, 3.8) is 0 Å². The van der Waals surface area contributed by atoms with Gasteiger partial charge in [-0.05, 0) is 89.4 Å². The molecule has 0 heterocycles. The molecule has 0 spiro atoms. The highest BCUT2D eigenvalue weighted by Gasteiger charge is 2.59. The van der Waals surface area contributed by atoms with E-state index >= 15 is 4.39 Å². The van der Waals surface area contributed by atoms with E-state index in [-0.39, 0.29) is 17.4 Å². The summed E-state index contributed by atoms with van der Waals surface area (Å²) in [6.45, 7) is 2.14. The molecule has 28 heavy (non-hydrogen) atoms. The molecule has 0 bridgehead atoms. The van der Waals surface area contributed by atoms with Gasteiger partial charge in [0.2, 0.25) is 0 Å². The van der Waals surface area contributed by atoms with Crippen LogP contribution in [0.15, 0.2) is 18.2 Å². The average Bonchev–Trinajstić information content (AvgIpc) is 2.95. The molecular weight excluding hydrogens is 466 g/mol. The molecule has 3 unspecified atom stereocenters. The molecule has 0 radical (unpaired) electrons. The standard InChI is InChI=1S/C24H34FIO2/c1-24-14-20(25)23-18-8-7-17(27)13-16(18)12-15(6-4-2-3-5-11-26)22(23)19(24)9-10-21(24)28/h7-8,13,15,19-23,27-28H,2-6,9-12,14H2,1H3/t15?,19-,20?,21?,22-,23-,24-/m0/s1. The SMILES string of the molecule is C[C@]12CC(F)[C@@H]3c4ccc(O)cc4CC(CCCCCCI)[C@H]3[C@@H]1CCC2O. The van der Waals surface area contributed by atoms with Gasteiger partial charge in [0.1, 0.15) is 11.9 Å². The van der Waals surface area contributed by atoms with Gasteiger partial charge in [-0.15, -0.1) is 0 Å². The molecule has 3 aliphatic carbocycles. The van der Waals surface area contributed by atoms with E-state index in [4.69, 9.17) is 0 Å². The minimum atomic E-state index is -0.899. The molecule has 4 heteroatoms. The molecule has 0 saturated heterocycles. The molecule has 2 N–H and O–H groups in total. The molecule has 3 aliphatic rings. The van der Waals surface area contributed by atoms with E-state index in [0.717, 1.165) is 36.8 Å². The smallest absolute Gasteiger partial charge is 0.115 e. The van der Waals surface area contributed by atoms with Gasteiger partial charge in [-0.2, -0.15) is 0 Å². The quantitative estimate of drug-likeness (QED) is 0.279. The lowest BCUT2D eigenvalue weighted by atomic mass is 9.51. The van der Waals surface area contributed by atoms with E-state index < -0.39 is 6.17 Å². The number of fused-ring (bicyclic) bond motifs is 5. The number of hydrogen-bond acceptors (Lipinski definition) is 2. The van der Waals surface area contributed by atoms with Crippen molar-refractivity contribution in [3.05, 3.63) is 29.3 Å². The normalized spacial score (nSPS) is 39.3. The first-order valence-corrected chi connectivity index (χ1v) is 12.7. The molecule has 1 aromatic carbocycles. The second kappa shape index (κ2) is 8.41. The summed E-state index contributed by atoms with van der Waals surface area (Å²) >= 11 is 2.44. The zero-order chi connectivity index (χ0) is 19.9. The molecule has 2 fully saturated rings. The fourth-order valence-corrected chi connectivity index (χ4v) is 7.43. The van der Waals surface area contributed by atoms with Gasteiger partial charge in [0.05, 0.1) is 6.10 Å². The van der Waals surface area contributed by atoms with E-state index in [0.29, 0.717) is 29.9 Å². The van der Waals surface area contributed by atoms with Crippen LogP contribution in [0.2, 0.25) is 0 Å². The monoisotopic (exact) mass is 500 g/mol. The summed E-state index contributed by atoms with van der Waals surface area (Å²) in [7, 11) is 0. The minimum Gasteiger partial charge on any atom is -0.508 e. The van der Waals surface area contributed by atoms with E-state index in [1.807, 2.05) is 12.1 Å². The topological polar surface area (TPSA) is 40.5 Å². The molecule has 2 nitrogen and oxygen atoms in total. The highest BCUT2D eigenvalue weighted by atomic mass is 127. The van der Waals surface area contributed by atoms with Crippen LogP contribution < -0.4 is 0 Å². The predicted octanol–water partition coefficient (Wildman–Crippen LogP) is 6.17. The minimum absolute atomic E-state index is 0.0629. The largest absolute Gasteiger partial charge is 0.508 e. The molecule has 156 valence electrons. The van der Waals surface area contributed by atoms with E-state index in [2.05, 4.69) is 29.5 Å². The van der Waals surface area contributed by atoms with Crippen LogP contribution in [0, 0.1) is 23.2 Å². The molecule has 0 aromatic heterocycles. The first-order valence-electron chi connectivity index (χ1n) is 11.2. The number of benzene rings is 1. The first-order chi connectivity index (χ1) is 13.5. The third kappa shape index (κ3) is 3.61. The highest BCUT2D eigenvalue weighted by Crippen LogP contribution is 2.63. The number of phenols is 1. The number of aliphatic hydroxyl groups excluding tert-OH is 1. The maximum Gasteiger partial charge on any atom is 0.115 e. The van der Waals surface area contributed by atoms with Crippen LogP contribution in [0.5, 0.6) is 5.75 Å². The fourth-order valence-electron chi connectivity index (χ4n) is 6.89. The average molecular weight is 500 g/mol. The zero-order valence-corrected chi connectivity index (χ0v) is 19.1. The fraction of sp³-hybridized carbons (Fsp3) is 0.750. The maximum atomic E-state index is 15.6. The van der Waals surface area contributed by atoms with Crippen LogP contribution in [-0.2, 0) is 6.42 Å². The highest BCUT2D eigenvalue weighted by molar-refractivity contribution is 14.1. The van der Waals surface area contributed by atoms with Crippen LogP contribution in [0.25, 0.3) is 0 Å². The third-order valence-corrected chi connectivity index (χ3v) is 9.00. The Morgan fingerprint density at radius 3 is 2.75 bits per heavy atom. The summed E-state index contributed by atoms with van der Waals surface area (Å²) in [6, 6.07) is 5.57. The second-order valence-corrected chi connectivity index (χ2v) is 10.8. The van der Waals surface area contributed by atoms with Gasteiger partial charge in [0.25, 0.3) is 0 Å². The molecule has 7 atom stereocenters. The van der Waals surface area contributed by atoms with E-state index in [1.54, 1.807) is 6.07 Å². The van der Waals surface area contributed by atoms with Crippen LogP contribution in [0.4, 0.5) is 4.39 Å². The summed E-state index contributed by atoms with van der Waals surface area (Å²) in [6.07, 6.45) is 8.20. The molecule has 2 saturated carbocycles. The summed E-state index contributed by atoms with van der Waals surface area (Å²) in [5.74, 6) is 1.44. The van der Waals surface area contributed by atoms with Gasteiger partial charge in [-0.1, -0.05) is 54.8 Å². The van der Waals surface area contributed by atoms with Crippen LogP contribution >= 0.6 is 22.6 Å². The van der Waals surface area contributed by atoms with Crippen molar-refractivity contribution in [3.8, 4) is 5.75 Å². The van der Waals surface area contributed by atoms with Gasteiger partial charge in [0.15, 0.2) is 0 Å². The summed E-state index contributed by atoms with van der Waals surface area (Å²) in [5, 5.41) is 20.7. The van der Waals surface area contributed by atoms with Crippen molar-refractivity contribution < 1.29 is 14.6 Å². The lowest BCUT2D eigenvalue weighted by Gasteiger charge is -2.54. The third-order valence-electron chi connectivity index (χ3n) is 8.23. The predicted molar refractivity (Wildman–Crippen MR) is 120 cm³/mol. The van der Waals surface area contributed by atoms with Crippen molar-refractivity contribution in [2.45, 2.75) is 82.9 Å². The van der Waals surface area contributed by atoms with Crippen LogP contribution in [0.3, 0.4) is 0 Å². The van der Waals surface area contributed by atoms with Gasteiger partial charge in [0, 0.05) is 5.92 Å². The number of halogens is 2. The zero-order valence-electron chi connectivity index (χ0n) is 16.9. The number of hydrogen-bond donors (Lipinski definition) is 2. The van der Waals surface area contributed by atoms with Gasteiger partial charge in [-0.25, -0.2) is 4.39 Å².